The van der Waals surface area contributed by atoms with Crippen molar-refractivity contribution in [3.63, 3.8) is 0 Å². The summed E-state index contributed by atoms with van der Waals surface area (Å²) in [6.45, 7) is 3.90. The van der Waals surface area contributed by atoms with Crippen LogP contribution in [0, 0.1) is 6.92 Å². The van der Waals surface area contributed by atoms with Crippen LogP contribution in [0.15, 0.2) is 24.3 Å². The number of hydrogen-bond acceptors (Lipinski definition) is 3. The van der Waals surface area contributed by atoms with E-state index in [0.29, 0.717) is 16.6 Å². The number of halogens is 1. The van der Waals surface area contributed by atoms with E-state index in [4.69, 9.17) is 16.3 Å². The van der Waals surface area contributed by atoms with Gasteiger partial charge in [-0.25, -0.2) is 0 Å². The van der Waals surface area contributed by atoms with E-state index in [1.54, 1.807) is 12.1 Å². The maximum absolute atomic E-state index is 11.8. The second-order valence-corrected chi connectivity index (χ2v) is 5.21. The zero-order valence-corrected chi connectivity index (χ0v) is 12.8. The highest BCUT2D eigenvalue weighted by molar-refractivity contribution is 6.32. The van der Waals surface area contributed by atoms with Crippen molar-refractivity contribution in [1.29, 1.82) is 0 Å². The topological polar surface area (TPSA) is 67.0 Å². The van der Waals surface area contributed by atoms with Crippen molar-refractivity contribution in [2.45, 2.75) is 26.7 Å². The zero-order chi connectivity index (χ0) is 15.2. The molecular weight excluding hydrogens is 290 g/mol. The number of aryl methyl sites for hydroxylation is 2. The Kier molecular flexibility index (Phi) is 5.22. The minimum Gasteiger partial charge on any atom is -0.482 e. The number of amides is 1. The number of aromatic amines is 1. The first-order valence-corrected chi connectivity index (χ1v) is 7.19. The average Bonchev–Trinajstić information content (AvgIpc) is 2.87. The van der Waals surface area contributed by atoms with Gasteiger partial charge in [-0.15, -0.1) is 0 Å². The highest BCUT2D eigenvalue weighted by Crippen LogP contribution is 2.25. The minimum atomic E-state index is -0.276. The summed E-state index contributed by atoms with van der Waals surface area (Å²) in [5.74, 6) is 0.727. The van der Waals surface area contributed by atoms with Gasteiger partial charge < -0.3 is 10.1 Å². The van der Waals surface area contributed by atoms with Gasteiger partial charge in [0.1, 0.15) is 5.75 Å². The molecule has 0 saturated heterocycles. The molecule has 1 amide bonds. The van der Waals surface area contributed by atoms with E-state index < -0.39 is 0 Å². The first kappa shape index (κ1) is 15.4. The van der Waals surface area contributed by atoms with E-state index in [0.717, 1.165) is 24.1 Å². The SMILES string of the molecule is CCCc1cc(NC(=O)COc2cc(C)ccc2Cl)n[nH]1. The number of H-pyrrole nitrogens is 1. The van der Waals surface area contributed by atoms with Crippen molar-refractivity contribution in [1.82, 2.24) is 10.2 Å². The maximum Gasteiger partial charge on any atom is 0.263 e. The molecule has 0 bridgehead atoms. The molecule has 0 aliphatic rings. The highest BCUT2D eigenvalue weighted by atomic mass is 35.5. The number of nitrogens with one attached hydrogen (secondary N) is 2. The van der Waals surface area contributed by atoms with Crippen molar-refractivity contribution < 1.29 is 9.53 Å². The Morgan fingerprint density at radius 3 is 3.00 bits per heavy atom. The second-order valence-electron chi connectivity index (χ2n) is 4.80. The van der Waals surface area contributed by atoms with Crippen LogP contribution in [0.3, 0.4) is 0 Å². The van der Waals surface area contributed by atoms with E-state index in [1.807, 2.05) is 19.1 Å². The van der Waals surface area contributed by atoms with Gasteiger partial charge in [-0.2, -0.15) is 5.10 Å². The fraction of sp³-hybridized carbons (Fsp3) is 0.333. The first-order valence-electron chi connectivity index (χ1n) is 6.81. The molecule has 1 aromatic carbocycles. The molecule has 2 rings (SSSR count). The Labute approximate surface area is 128 Å². The molecule has 0 unspecified atom stereocenters. The average molecular weight is 308 g/mol. The van der Waals surface area contributed by atoms with Crippen LogP contribution in [0.25, 0.3) is 0 Å². The van der Waals surface area contributed by atoms with E-state index in [2.05, 4.69) is 22.4 Å². The van der Waals surface area contributed by atoms with Crippen molar-refractivity contribution >= 4 is 23.3 Å². The molecule has 2 aromatic rings. The van der Waals surface area contributed by atoms with Gasteiger partial charge in [0.15, 0.2) is 12.4 Å². The van der Waals surface area contributed by atoms with Gasteiger partial charge >= 0.3 is 0 Å². The third kappa shape index (κ3) is 4.49. The van der Waals surface area contributed by atoms with Crippen LogP contribution >= 0.6 is 11.6 Å². The molecule has 21 heavy (non-hydrogen) atoms. The molecule has 0 fully saturated rings. The van der Waals surface area contributed by atoms with E-state index in [-0.39, 0.29) is 12.5 Å². The molecule has 1 heterocycles. The molecular formula is C15H18ClN3O2. The van der Waals surface area contributed by atoms with Gasteiger partial charge in [-0.05, 0) is 31.0 Å². The summed E-state index contributed by atoms with van der Waals surface area (Å²) in [6, 6.07) is 7.24. The number of carbonyl (C=O) groups excluding carboxylic acids is 1. The van der Waals surface area contributed by atoms with Crippen LogP contribution in [0.4, 0.5) is 5.82 Å². The Morgan fingerprint density at radius 2 is 2.24 bits per heavy atom. The van der Waals surface area contributed by atoms with Crippen LogP contribution in [-0.2, 0) is 11.2 Å². The third-order valence-electron chi connectivity index (χ3n) is 2.86. The fourth-order valence-electron chi connectivity index (χ4n) is 1.87. The van der Waals surface area contributed by atoms with Crippen molar-refractivity contribution in [2.75, 3.05) is 11.9 Å². The number of carbonyl (C=O) groups is 1. The van der Waals surface area contributed by atoms with Crippen LogP contribution in [0.2, 0.25) is 5.02 Å². The predicted molar refractivity (Wildman–Crippen MR) is 82.9 cm³/mol. The molecule has 5 nitrogen and oxygen atoms in total. The van der Waals surface area contributed by atoms with Crippen molar-refractivity contribution in [3.05, 3.63) is 40.5 Å². The van der Waals surface area contributed by atoms with Gasteiger partial charge in [-0.1, -0.05) is 31.0 Å². The first-order chi connectivity index (χ1) is 10.1. The van der Waals surface area contributed by atoms with Gasteiger partial charge in [0.25, 0.3) is 5.91 Å². The van der Waals surface area contributed by atoms with Crippen LogP contribution in [0.5, 0.6) is 5.75 Å². The van der Waals surface area contributed by atoms with E-state index >= 15 is 0 Å². The fourth-order valence-corrected chi connectivity index (χ4v) is 2.04. The monoisotopic (exact) mass is 307 g/mol. The summed E-state index contributed by atoms with van der Waals surface area (Å²) in [7, 11) is 0. The molecule has 0 saturated carbocycles. The summed E-state index contributed by atoms with van der Waals surface area (Å²) < 4.78 is 5.42. The van der Waals surface area contributed by atoms with E-state index in [9.17, 15) is 4.79 Å². The number of ether oxygens (including phenoxy) is 1. The Hall–Kier alpha value is -2.01. The molecule has 2 N–H and O–H groups in total. The molecule has 112 valence electrons. The lowest BCUT2D eigenvalue weighted by atomic mass is 10.2. The summed E-state index contributed by atoms with van der Waals surface area (Å²) in [6.07, 6.45) is 1.92. The second kappa shape index (κ2) is 7.13. The lowest BCUT2D eigenvalue weighted by Gasteiger charge is -2.08. The summed E-state index contributed by atoms with van der Waals surface area (Å²) in [5.41, 5.74) is 2.02. The van der Waals surface area contributed by atoms with Gasteiger partial charge in [0, 0.05) is 11.8 Å². The Morgan fingerprint density at radius 1 is 1.43 bits per heavy atom. The smallest absolute Gasteiger partial charge is 0.263 e. The lowest BCUT2D eigenvalue weighted by Crippen LogP contribution is -2.20. The molecule has 0 aliphatic carbocycles. The molecule has 0 aliphatic heterocycles. The van der Waals surface area contributed by atoms with Crippen LogP contribution < -0.4 is 10.1 Å². The summed E-state index contributed by atoms with van der Waals surface area (Å²) >= 11 is 6.00. The van der Waals surface area contributed by atoms with Crippen molar-refractivity contribution in [2.24, 2.45) is 0 Å². The number of aromatic nitrogens is 2. The molecule has 6 heteroatoms. The Bertz CT molecular complexity index is 625. The van der Waals surface area contributed by atoms with Crippen LogP contribution in [-0.4, -0.2) is 22.7 Å². The third-order valence-corrected chi connectivity index (χ3v) is 3.18. The quantitative estimate of drug-likeness (QED) is 0.860. The number of anilines is 1. The number of nitrogens with zero attached hydrogens (tertiary/aromatic N) is 1. The highest BCUT2D eigenvalue weighted by Gasteiger charge is 2.08. The lowest BCUT2D eigenvalue weighted by molar-refractivity contribution is -0.118. The maximum atomic E-state index is 11.8. The molecule has 0 radical (unpaired) electrons. The summed E-state index contributed by atoms with van der Waals surface area (Å²) in [5, 5.41) is 10.1. The molecule has 1 aromatic heterocycles. The standard InChI is InChI=1S/C15H18ClN3O2/c1-3-4-11-8-14(19-18-11)17-15(20)9-21-13-7-10(2)5-6-12(13)16/h5-8H,3-4,9H2,1-2H3,(H2,17,18,19,20). The largest absolute Gasteiger partial charge is 0.482 e. The Balaban J connectivity index is 1.88. The van der Waals surface area contributed by atoms with Crippen molar-refractivity contribution in [3.8, 4) is 5.75 Å². The molecule has 0 atom stereocenters. The van der Waals surface area contributed by atoms with Gasteiger partial charge in [0.2, 0.25) is 0 Å². The minimum absolute atomic E-state index is 0.112. The normalized spacial score (nSPS) is 10.4. The number of benzene rings is 1. The van der Waals surface area contributed by atoms with E-state index in [1.165, 1.54) is 0 Å². The number of rotatable bonds is 6. The van der Waals surface area contributed by atoms with Crippen LogP contribution in [0.1, 0.15) is 24.6 Å². The predicted octanol–water partition coefficient (Wildman–Crippen LogP) is 3.34. The van der Waals surface area contributed by atoms with Gasteiger partial charge in [-0.3, -0.25) is 9.89 Å². The zero-order valence-electron chi connectivity index (χ0n) is 12.1. The molecule has 0 spiro atoms. The van der Waals surface area contributed by atoms with Gasteiger partial charge in [0.05, 0.1) is 5.02 Å². The number of hydrogen-bond donors (Lipinski definition) is 2. The summed E-state index contributed by atoms with van der Waals surface area (Å²) in [4.78, 5) is 11.8.